The lowest BCUT2D eigenvalue weighted by Crippen LogP contribution is -2.19. The van der Waals surface area contributed by atoms with Crippen molar-refractivity contribution in [1.29, 1.82) is 0 Å². The molecule has 0 aliphatic heterocycles. The predicted molar refractivity (Wildman–Crippen MR) is 65.4 cm³/mol. The third-order valence-corrected chi connectivity index (χ3v) is 3.21. The average Bonchev–Trinajstić information content (AvgIpc) is 2.55. The molecule has 1 atom stereocenters. The van der Waals surface area contributed by atoms with Crippen LogP contribution in [-0.4, -0.2) is 32.2 Å². The van der Waals surface area contributed by atoms with Gasteiger partial charge in [0.25, 0.3) is 0 Å². The fourth-order valence-electron chi connectivity index (χ4n) is 1.49. The van der Waals surface area contributed by atoms with Crippen molar-refractivity contribution in [2.24, 2.45) is 0 Å². The second kappa shape index (κ2) is 6.13. The quantitative estimate of drug-likeness (QED) is 0.719. The monoisotopic (exact) mass is 242 g/mol. The van der Waals surface area contributed by atoms with E-state index in [0.717, 1.165) is 15.3 Å². The number of Topliss-reactive ketones (excluding diaryl/α,β-unsaturated/α-hetero) is 1. The maximum Gasteiger partial charge on any atom is 0.189 e. The van der Waals surface area contributed by atoms with Crippen LogP contribution in [0.5, 0.6) is 0 Å². The number of thiophene rings is 1. The molecule has 0 spiro atoms. The average molecular weight is 242 g/mol. The molecule has 4 heteroatoms. The SMILES string of the molecule is COCC(C)OCC(=O)c1cc(C)sc1C. The van der Waals surface area contributed by atoms with E-state index in [9.17, 15) is 4.79 Å². The molecule has 1 heterocycles. The van der Waals surface area contributed by atoms with Crippen molar-refractivity contribution >= 4 is 17.1 Å². The van der Waals surface area contributed by atoms with Crippen LogP contribution in [0.1, 0.15) is 27.0 Å². The van der Waals surface area contributed by atoms with Crippen molar-refractivity contribution in [3.63, 3.8) is 0 Å². The number of carbonyl (C=O) groups excluding carboxylic acids is 1. The standard InChI is InChI=1S/C12H18O3S/c1-8(6-14-4)15-7-12(13)11-5-9(2)16-10(11)3/h5,8H,6-7H2,1-4H3. The number of hydrogen-bond acceptors (Lipinski definition) is 4. The van der Waals surface area contributed by atoms with E-state index in [2.05, 4.69) is 0 Å². The van der Waals surface area contributed by atoms with Crippen molar-refractivity contribution in [2.75, 3.05) is 20.3 Å². The number of carbonyl (C=O) groups is 1. The summed E-state index contributed by atoms with van der Waals surface area (Å²) in [5.41, 5.74) is 0.784. The van der Waals surface area contributed by atoms with Crippen LogP contribution in [0.3, 0.4) is 0 Å². The fourth-order valence-corrected chi connectivity index (χ4v) is 2.43. The van der Waals surface area contributed by atoms with E-state index in [1.165, 1.54) is 0 Å². The fraction of sp³-hybridized carbons (Fsp3) is 0.583. The van der Waals surface area contributed by atoms with Gasteiger partial charge in [0.1, 0.15) is 6.61 Å². The lowest BCUT2D eigenvalue weighted by atomic mass is 10.2. The second-order valence-corrected chi connectivity index (χ2v) is 5.29. The number of hydrogen-bond donors (Lipinski definition) is 0. The summed E-state index contributed by atoms with van der Waals surface area (Å²) in [5, 5.41) is 0. The highest BCUT2D eigenvalue weighted by molar-refractivity contribution is 7.12. The van der Waals surface area contributed by atoms with Gasteiger partial charge in [0, 0.05) is 22.4 Å². The second-order valence-electron chi connectivity index (χ2n) is 3.83. The Morgan fingerprint density at radius 2 is 2.19 bits per heavy atom. The molecule has 1 rings (SSSR count). The number of aryl methyl sites for hydroxylation is 2. The Bertz CT molecular complexity index is 357. The maximum absolute atomic E-state index is 11.8. The smallest absolute Gasteiger partial charge is 0.189 e. The molecule has 0 radical (unpaired) electrons. The van der Waals surface area contributed by atoms with Crippen molar-refractivity contribution in [2.45, 2.75) is 26.9 Å². The molecule has 3 nitrogen and oxygen atoms in total. The molecule has 1 aromatic heterocycles. The first-order valence-electron chi connectivity index (χ1n) is 5.25. The minimum atomic E-state index is -0.0472. The van der Waals surface area contributed by atoms with Gasteiger partial charge >= 0.3 is 0 Å². The van der Waals surface area contributed by atoms with Gasteiger partial charge in [-0.1, -0.05) is 0 Å². The highest BCUT2D eigenvalue weighted by Gasteiger charge is 2.13. The van der Waals surface area contributed by atoms with E-state index in [1.54, 1.807) is 18.4 Å². The Balaban J connectivity index is 2.50. The van der Waals surface area contributed by atoms with Gasteiger partial charge in [-0.05, 0) is 26.8 Å². The van der Waals surface area contributed by atoms with Crippen LogP contribution < -0.4 is 0 Å². The van der Waals surface area contributed by atoms with Gasteiger partial charge in [-0.25, -0.2) is 0 Å². The zero-order valence-corrected chi connectivity index (χ0v) is 11.0. The Morgan fingerprint density at radius 1 is 1.50 bits per heavy atom. The Hall–Kier alpha value is -0.710. The highest BCUT2D eigenvalue weighted by atomic mass is 32.1. The van der Waals surface area contributed by atoms with Gasteiger partial charge in [-0.3, -0.25) is 4.79 Å². The van der Waals surface area contributed by atoms with Crippen LogP contribution in [0.25, 0.3) is 0 Å². The lowest BCUT2D eigenvalue weighted by Gasteiger charge is -2.10. The van der Waals surface area contributed by atoms with E-state index >= 15 is 0 Å². The van der Waals surface area contributed by atoms with Gasteiger partial charge in [-0.2, -0.15) is 0 Å². The normalized spacial score (nSPS) is 12.8. The lowest BCUT2D eigenvalue weighted by molar-refractivity contribution is 0.0125. The first-order valence-corrected chi connectivity index (χ1v) is 6.07. The van der Waals surface area contributed by atoms with Crippen molar-refractivity contribution in [3.8, 4) is 0 Å². The highest BCUT2D eigenvalue weighted by Crippen LogP contribution is 2.21. The molecule has 90 valence electrons. The van der Waals surface area contributed by atoms with Gasteiger partial charge < -0.3 is 9.47 Å². The van der Waals surface area contributed by atoms with Crippen molar-refractivity contribution in [1.82, 2.24) is 0 Å². The molecule has 1 aromatic rings. The van der Waals surface area contributed by atoms with Crippen LogP contribution in [-0.2, 0) is 9.47 Å². The van der Waals surface area contributed by atoms with E-state index in [1.807, 2.05) is 26.8 Å². The van der Waals surface area contributed by atoms with Gasteiger partial charge in [-0.15, -0.1) is 11.3 Å². The molecule has 0 bridgehead atoms. The largest absolute Gasteiger partial charge is 0.382 e. The Kier molecular flexibility index (Phi) is 5.12. The topological polar surface area (TPSA) is 35.5 Å². The molecular weight excluding hydrogens is 224 g/mol. The Morgan fingerprint density at radius 3 is 2.69 bits per heavy atom. The van der Waals surface area contributed by atoms with E-state index < -0.39 is 0 Å². The molecule has 0 saturated carbocycles. The van der Waals surface area contributed by atoms with Crippen LogP contribution in [0, 0.1) is 13.8 Å². The maximum atomic E-state index is 11.8. The third-order valence-electron chi connectivity index (χ3n) is 2.24. The van der Waals surface area contributed by atoms with Gasteiger partial charge in [0.05, 0.1) is 12.7 Å². The Labute approximate surface area is 100 Å². The molecule has 0 saturated heterocycles. The summed E-state index contributed by atoms with van der Waals surface area (Å²) in [6.45, 7) is 6.49. The molecular formula is C12H18O3S. The van der Waals surface area contributed by atoms with E-state index in [-0.39, 0.29) is 18.5 Å². The van der Waals surface area contributed by atoms with Crippen LogP contribution in [0.15, 0.2) is 6.07 Å². The summed E-state index contributed by atoms with van der Waals surface area (Å²) >= 11 is 1.64. The van der Waals surface area contributed by atoms with Crippen LogP contribution >= 0.6 is 11.3 Å². The van der Waals surface area contributed by atoms with Gasteiger partial charge in [0.2, 0.25) is 0 Å². The minimum absolute atomic E-state index is 0.0461. The van der Waals surface area contributed by atoms with Crippen molar-refractivity contribution in [3.05, 3.63) is 21.4 Å². The first-order chi connectivity index (χ1) is 7.54. The van der Waals surface area contributed by atoms with E-state index in [0.29, 0.717) is 6.61 Å². The number of methoxy groups -OCH3 is 1. The third kappa shape index (κ3) is 3.70. The molecule has 0 fully saturated rings. The number of rotatable bonds is 6. The summed E-state index contributed by atoms with van der Waals surface area (Å²) in [4.78, 5) is 14.0. The molecule has 0 aromatic carbocycles. The molecule has 0 N–H and O–H groups in total. The molecule has 16 heavy (non-hydrogen) atoms. The molecule has 0 aliphatic carbocycles. The molecule has 1 unspecified atom stereocenters. The summed E-state index contributed by atoms with van der Waals surface area (Å²) in [6.07, 6.45) is -0.0472. The molecule has 0 amide bonds. The van der Waals surface area contributed by atoms with Crippen molar-refractivity contribution < 1.29 is 14.3 Å². The van der Waals surface area contributed by atoms with Crippen LogP contribution in [0.2, 0.25) is 0 Å². The minimum Gasteiger partial charge on any atom is -0.382 e. The number of ether oxygens (including phenoxy) is 2. The molecule has 0 aliphatic rings. The summed E-state index contributed by atoms with van der Waals surface area (Å²) in [5.74, 6) is 0.0461. The zero-order valence-electron chi connectivity index (χ0n) is 10.2. The van der Waals surface area contributed by atoms with E-state index in [4.69, 9.17) is 9.47 Å². The zero-order chi connectivity index (χ0) is 12.1. The summed E-state index contributed by atoms with van der Waals surface area (Å²) < 4.78 is 10.3. The number of ketones is 1. The first kappa shape index (κ1) is 13.4. The van der Waals surface area contributed by atoms with Crippen LogP contribution in [0.4, 0.5) is 0 Å². The van der Waals surface area contributed by atoms with Gasteiger partial charge in [0.15, 0.2) is 5.78 Å². The predicted octanol–water partition coefficient (Wildman–Crippen LogP) is 2.60. The summed E-state index contributed by atoms with van der Waals surface area (Å²) in [7, 11) is 1.62. The summed E-state index contributed by atoms with van der Waals surface area (Å²) in [6, 6.07) is 1.92.